The fourth-order valence-corrected chi connectivity index (χ4v) is 3.38. The van der Waals surface area contributed by atoms with Gasteiger partial charge in [-0.2, -0.15) is 4.98 Å². The Morgan fingerprint density at radius 1 is 1.19 bits per heavy atom. The second-order valence-electron chi connectivity index (χ2n) is 6.75. The van der Waals surface area contributed by atoms with Crippen molar-refractivity contribution in [1.82, 2.24) is 9.88 Å². The Morgan fingerprint density at radius 3 is 2.77 bits per heavy atom. The summed E-state index contributed by atoms with van der Waals surface area (Å²) in [7, 11) is 0. The van der Waals surface area contributed by atoms with Gasteiger partial charge in [-0.1, -0.05) is 13.0 Å². The van der Waals surface area contributed by atoms with Gasteiger partial charge in [0.2, 0.25) is 0 Å². The van der Waals surface area contributed by atoms with Crippen LogP contribution in [0.1, 0.15) is 35.0 Å². The van der Waals surface area contributed by atoms with Crippen molar-refractivity contribution in [2.75, 3.05) is 31.1 Å². The third-order valence-electron chi connectivity index (χ3n) is 4.82. The van der Waals surface area contributed by atoms with E-state index in [4.69, 9.17) is 8.83 Å². The maximum Gasteiger partial charge on any atom is 0.298 e. The normalized spacial score (nSPS) is 15.0. The number of anilines is 1. The van der Waals surface area contributed by atoms with Crippen molar-refractivity contribution in [3.05, 3.63) is 47.4 Å². The molecule has 1 aromatic carbocycles. The summed E-state index contributed by atoms with van der Waals surface area (Å²) in [6.45, 7) is 6.83. The maximum atomic E-state index is 12.8. The quantitative estimate of drug-likeness (QED) is 0.716. The van der Waals surface area contributed by atoms with E-state index in [0.29, 0.717) is 37.8 Å². The molecular weight excluding hydrogens is 330 g/mol. The van der Waals surface area contributed by atoms with Gasteiger partial charge < -0.3 is 18.6 Å². The number of piperazine rings is 1. The molecule has 1 aliphatic heterocycles. The van der Waals surface area contributed by atoms with Crippen LogP contribution >= 0.6 is 0 Å². The van der Waals surface area contributed by atoms with Gasteiger partial charge in [-0.3, -0.25) is 4.79 Å². The predicted molar refractivity (Wildman–Crippen MR) is 99.6 cm³/mol. The van der Waals surface area contributed by atoms with Gasteiger partial charge in [0.05, 0.1) is 11.8 Å². The fourth-order valence-electron chi connectivity index (χ4n) is 3.38. The molecule has 1 aliphatic rings. The lowest BCUT2D eigenvalue weighted by Gasteiger charge is -2.33. The molecule has 3 heterocycles. The predicted octanol–water partition coefficient (Wildman–Crippen LogP) is 3.64. The van der Waals surface area contributed by atoms with Crippen LogP contribution in [0, 0.1) is 6.92 Å². The molecule has 0 N–H and O–H groups in total. The van der Waals surface area contributed by atoms with Gasteiger partial charge in [0.1, 0.15) is 11.3 Å². The number of amides is 1. The van der Waals surface area contributed by atoms with E-state index in [9.17, 15) is 4.79 Å². The average Bonchev–Trinajstić information content (AvgIpc) is 3.28. The second kappa shape index (κ2) is 6.86. The Morgan fingerprint density at radius 2 is 2.00 bits per heavy atom. The van der Waals surface area contributed by atoms with Gasteiger partial charge in [0, 0.05) is 32.6 Å². The number of nitrogens with zero attached hydrogens (tertiary/aromatic N) is 3. The number of benzene rings is 1. The summed E-state index contributed by atoms with van der Waals surface area (Å²) in [6.07, 6.45) is 3.35. The van der Waals surface area contributed by atoms with Crippen LogP contribution in [0.4, 0.5) is 6.01 Å². The van der Waals surface area contributed by atoms with Crippen LogP contribution in [-0.2, 0) is 6.42 Å². The van der Waals surface area contributed by atoms with Crippen molar-refractivity contribution < 1.29 is 13.6 Å². The number of carbonyl (C=O) groups excluding carboxylic acids is 1. The first kappa shape index (κ1) is 16.7. The number of oxazole rings is 1. The SMILES string of the molecule is CCCc1occc1C(=O)N1CCN(c2nc3cc(C)ccc3o2)CC1. The summed E-state index contributed by atoms with van der Waals surface area (Å²) < 4.78 is 11.3. The summed E-state index contributed by atoms with van der Waals surface area (Å²) in [5, 5.41) is 0. The number of carbonyl (C=O) groups is 1. The van der Waals surface area contributed by atoms with Gasteiger partial charge in [-0.25, -0.2) is 0 Å². The molecule has 0 spiro atoms. The van der Waals surface area contributed by atoms with E-state index < -0.39 is 0 Å². The number of hydrogen-bond donors (Lipinski definition) is 0. The molecule has 0 radical (unpaired) electrons. The zero-order chi connectivity index (χ0) is 18.1. The van der Waals surface area contributed by atoms with E-state index in [0.717, 1.165) is 35.3 Å². The molecule has 3 aromatic rings. The zero-order valence-corrected chi connectivity index (χ0v) is 15.2. The minimum Gasteiger partial charge on any atom is -0.469 e. The Hall–Kier alpha value is -2.76. The van der Waals surface area contributed by atoms with Gasteiger partial charge in [-0.15, -0.1) is 0 Å². The molecule has 1 saturated heterocycles. The molecule has 4 rings (SSSR count). The van der Waals surface area contributed by atoms with Crippen LogP contribution in [0.3, 0.4) is 0 Å². The smallest absolute Gasteiger partial charge is 0.298 e. The summed E-state index contributed by atoms with van der Waals surface area (Å²) in [5.41, 5.74) is 3.53. The zero-order valence-electron chi connectivity index (χ0n) is 15.2. The minimum atomic E-state index is 0.0510. The maximum absolute atomic E-state index is 12.8. The second-order valence-corrected chi connectivity index (χ2v) is 6.75. The van der Waals surface area contributed by atoms with E-state index in [1.54, 1.807) is 12.3 Å². The lowest BCUT2D eigenvalue weighted by molar-refractivity contribution is 0.0742. The Balaban J connectivity index is 1.44. The number of furan rings is 1. The van der Waals surface area contributed by atoms with Crippen molar-refractivity contribution >= 4 is 23.0 Å². The highest BCUT2D eigenvalue weighted by molar-refractivity contribution is 5.95. The van der Waals surface area contributed by atoms with Crippen LogP contribution in [0.2, 0.25) is 0 Å². The molecule has 0 bridgehead atoms. The van der Waals surface area contributed by atoms with E-state index >= 15 is 0 Å². The minimum absolute atomic E-state index is 0.0510. The summed E-state index contributed by atoms with van der Waals surface area (Å²) >= 11 is 0. The number of aryl methyl sites for hydroxylation is 2. The van der Waals surface area contributed by atoms with E-state index in [1.807, 2.05) is 30.0 Å². The van der Waals surface area contributed by atoms with Crippen LogP contribution in [0.15, 0.2) is 39.4 Å². The van der Waals surface area contributed by atoms with Crippen LogP contribution in [0.5, 0.6) is 0 Å². The van der Waals surface area contributed by atoms with Crippen LogP contribution < -0.4 is 4.90 Å². The van der Waals surface area contributed by atoms with E-state index in [1.165, 1.54) is 0 Å². The molecule has 0 aliphatic carbocycles. The van der Waals surface area contributed by atoms with Gasteiger partial charge >= 0.3 is 0 Å². The Bertz CT molecular complexity index is 919. The number of aromatic nitrogens is 1. The van der Waals surface area contributed by atoms with E-state index in [-0.39, 0.29) is 5.91 Å². The molecule has 136 valence electrons. The summed E-state index contributed by atoms with van der Waals surface area (Å²) in [6, 6.07) is 8.41. The Kier molecular flexibility index (Phi) is 4.41. The summed E-state index contributed by atoms with van der Waals surface area (Å²) in [4.78, 5) is 21.4. The van der Waals surface area contributed by atoms with Gasteiger partial charge in [0.25, 0.3) is 11.9 Å². The number of fused-ring (bicyclic) bond motifs is 1. The van der Waals surface area contributed by atoms with Crippen molar-refractivity contribution in [2.24, 2.45) is 0 Å². The molecule has 1 amide bonds. The van der Waals surface area contributed by atoms with Crippen molar-refractivity contribution in [1.29, 1.82) is 0 Å². The third kappa shape index (κ3) is 3.07. The highest BCUT2D eigenvalue weighted by atomic mass is 16.4. The fraction of sp³-hybridized carbons (Fsp3) is 0.400. The molecule has 0 saturated carbocycles. The van der Waals surface area contributed by atoms with Crippen molar-refractivity contribution in [3.8, 4) is 0 Å². The van der Waals surface area contributed by atoms with Gasteiger partial charge in [0.15, 0.2) is 5.58 Å². The van der Waals surface area contributed by atoms with Crippen LogP contribution in [-0.4, -0.2) is 42.0 Å². The molecule has 26 heavy (non-hydrogen) atoms. The highest BCUT2D eigenvalue weighted by Gasteiger charge is 2.26. The first-order chi connectivity index (χ1) is 12.7. The monoisotopic (exact) mass is 353 g/mol. The Labute approximate surface area is 152 Å². The number of rotatable bonds is 4. The first-order valence-corrected chi connectivity index (χ1v) is 9.13. The third-order valence-corrected chi connectivity index (χ3v) is 4.82. The molecule has 0 atom stereocenters. The topological polar surface area (TPSA) is 62.7 Å². The highest BCUT2D eigenvalue weighted by Crippen LogP contribution is 2.24. The standard InChI is InChI=1S/C20H23N3O3/c1-3-4-17-15(7-12-25-17)19(24)22-8-10-23(11-9-22)20-21-16-13-14(2)5-6-18(16)26-20/h5-7,12-13H,3-4,8-11H2,1-2H3. The number of hydrogen-bond acceptors (Lipinski definition) is 5. The van der Waals surface area contributed by atoms with Crippen molar-refractivity contribution in [2.45, 2.75) is 26.7 Å². The average molecular weight is 353 g/mol. The molecule has 2 aromatic heterocycles. The lowest BCUT2D eigenvalue weighted by Crippen LogP contribution is -2.49. The largest absolute Gasteiger partial charge is 0.469 e. The molecule has 6 nitrogen and oxygen atoms in total. The van der Waals surface area contributed by atoms with E-state index in [2.05, 4.69) is 16.8 Å². The van der Waals surface area contributed by atoms with Gasteiger partial charge in [-0.05, 0) is 37.1 Å². The molecule has 0 unspecified atom stereocenters. The summed E-state index contributed by atoms with van der Waals surface area (Å²) in [5.74, 6) is 0.837. The molecular formula is C20H23N3O3. The first-order valence-electron chi connectivity index (χ1n) is 9.13. The molecule has 6 heteroatoms. The van der Waals surface area contributed by atoms with Crippen molar-refractivity contribution in [3.63, 3.8) is 0 Å². The molecule has 1 fully saturated rings. The lowest BCUT2D eigenvalue weighted by atomic mass is 10.1. The van der Waals surface area contributed by atoms with Crippen LogP contribution in [0.25, 0.3) is 11.1 Å².